The van der Waals surface area contributed by atoms with E-state index in [2.05, 4.69) is 5.10 Å². The number of nitrogens with two attached hydrogens (primary N) is 1. The molecule has 4 nitrogen and oxygen atoms in total. The molecule has 1 aliphatic rings. The normalized spacial score (nSPS) is 19.3. The molecule has 1 aromatic rings. The first kappa shape index (κ1) is 10.4. The lowest BCUT2D eigenvalue weighted by Gasteiger charge is -2.13. The number of nitrogens with zero attached hydrogens (tertiary/aromatic N) is 2. The maximum Gasteiger partial charge on any atom is 0.157 e. The van der Waals surface area contributed by atoms with Gasteiger partial charge in [0.15, 0.2) is 5.78 Å². The minimum Gasteiger partial charge on any atom is -0.318 e. The summed E-state index contributed by atoms with van der Waals surface area (Å²) in [4.78, 5) is 12.0. The van der Waals surface area contributed by atoms with Crippen molar-refractivity contribution in [1.29, 1.82) is 0 Å². The third-order valence-corrected chi connectivity index (χ3v) is 3.15. The van der Waals surface area contributed by atoms with E-state index in [0.717, 1.165) is 31.2 Å². The number of ketones is 1. The second-order valence-electron chi connectivity index (χ2n) is 4.31. The third-order valence-electron chi connectivity index (χ3n) is 3.15. The van der Waals surface area contributed by atoms with Gasteiger partial charge in [-0.1, -0.05) is 12.8 Å². The largest absolute Gasteiger partial charge is 0.318 e. The molecule has 0 saturated heterocycles. The predicted octanol–water partition coefficient (Wildman–Crippen LogP) is 1.18. The van der Waals surface area contributed by atoms with E-state index < -0.39 is 6.04 Å². The maximum atomic E-state index is 12.0. The number of rotatable bonds is 3. The smallest absolute Gasteiger partial charge is 0.157 e. The van der Waals surface area contributed by atoms with E-state index in [-0.39, 0.29) is 11.7 Å². The molecule has 1 aromatic heterocycles. The van der Waals surface area contributed by atoms with Gasteiger partial charge in [-0.05, 0) is 12.8 Å². The summed E-state index contributed by atoms with van der Waals surface area (Å²) in [5.74, 6) is 0.362. The first-order chi connectivity index (χ1) is 7.18. The molecule has 1 unspecified atom stereocenters. The quantitative estimate of drug-likeness (QED) is 0.809. The molecule has 0 bridgehead atoms. The number of aryl methyl sites for hydroxylation is 1. The molecule has 0 aromatic carbocycles. The third kappa shape index (κ3) is 2.09. The average Bonchev–Trinajstić information content (AvgIpc) is 2.85. The highest BCUT2D eigenvalue weighted by Gasteiger charge is 2.28. The van der Waals surface area contributed by atoms with Gasteiger partial charge in [0, 0.05) is 24.7 Å². The van der Waals surface area contributed by atoms with Crippen LogP contribution < -0.4 is 5.73 Å². The van der Waals surface area contributed by atoms with Gasteiger partial charge in [0.1, 0.15) is 0 Å². The Labute approximate surface area is 89.5 Å². The Hall–Kier alpha value is -1.16. The first-order valence-electron chi connectivity index (χ1n) is 5.46. The van der Waals surface area contributed by atoms with Crippen molar-refractivity contribution in [3.05, 3.63) is 18.0 Å². The molecule has 1 fully saturated rings. The van der Waals surface area contributed by atoms with Gasteiger partial charge in [0.05, 0.1) is 12.2 Å². The van der Waals surface area contributed by atoms with Crippen molar-refractivity contribution in [2.24, 2.45) is 18.7 Å². The predicted molar refractivity (Wildman–Crippen MR) is 57.1 cm³/mol. The molecule has 2 rings (SSSR count). The van der Waals surface area contributed by atoms with Crippen LogP contribution in [0.15, 0.2) is 12.4 Å². The summed E-state index contributed by atoms with van der Waals surface area (Å²) in [7, 11) is 1.83. The number of Topliss-reactive ketones (excluding diaryl/α,β-unsaturated/α-hetero) is 1. The van der Waals surface area contributed by atoms with Crippen LogP contribution in [0.5, 0.6) is 0 Å². The van der Waals surface area contributed by atoms with Gasteiger partial charge in [-0.2, -0.15) is 5.10 Å². The molecule has 1 heterocycles. The molecule has 0 aliphatic heterocycles. The Balaban J connectivity index is 2.06. The summed E-state index contributed by atoms with van der Waals surface area (Å²) in [5, 5.41) is 4.03. The highest BCUT2D eigenvalue weighted by molar-refractivity contribution is 5.87. The first-order valence-corrected chi connectivity index (χ1v) is 5.46. The van der Waals surface area contributed by atoms with Crippen molar-refractivity contribution in [1.82, 2.24) is 9.78 Å². The van der Waals surface area contributed by atoms with Gasteiger partial charge in [-0.25, -0.2) is 0 Å². The van der Waals surface area contributed by atoms with Crippen molar-refractivity contribution >= 4 is 5.78 Å². The molecular formula is C11H17N3O. The fraction of sp³-hybridized carbons (Fsp3) is 0.636. The van der Waals surface area contributed by atoms with E-state index in [1.165, 1.54) is 0 Å². The molecule has 0 spiro atoms. The van der Waals surface area contributed by atoms with Crippen molar-refractivity contribution < 1.29 is 4.79 Å². The van der Waals surface area contributed by atoms with Crippen LogP contribution in [0.3, 0.4) is 0 Å². The monoisotopic (exact) mass is 207 g/mol. The molecule has 1 aliphatic carbocycles. The second kappa shape index (κ2) is 4.14. The van der Waals surface area contributed by atoms with Crippen LogP contribution in [0.4, 0.5) is 0 Å². The summed E-state index contributed by atoms with van der Waals surface area (Å²) in [6.07, 6.45) is 7.83. The molecule has 0 amide bonds. The highest BCUT2D eigenvalue weighted by atomic mass is 16.1. The Morgan fingerprint density at radius 3 is 2.80 bits per heavy atom. The minimum atomic E-state index is -0.484. The van der Waals surface area contributed by atoms with E-state index >= 15 is 0 Å². The van der Waals surface area contributed by atoms with Crippen molar-refractivity contribution in [3.8, 4) is 0 Å². The van der Waals surface area contributed by atoms with Gasteiger partial charge >= 0.3 is 0 Å². The van der Waals surface area contributed by atoms with Crippen LogP contribution >= 0.6 is 0 Å². The molecular weight excluding hydrogens is 190 g/mol. The lowest BCUT2D eigenvalue weighted by atomic mass is 9.94. The van der Waals surface area contributed by atoms with Crippen LogP contribution in [0, 0.1) is 5.92 Å². The zero-order valence-electron chi connectivity index (χ0n) is 9.02. The molecule has 2 N–H and O–H groups in total. The van der Waals surface area contributed by atoms with Crippen LogP contribution in [0.1, 0.15) is 37.3 Å². The SMILES string of the molecule is Cn1cc(C(N)C(=O)C2CCCC2)cn1. The summed E-state index contributed by atoms with van der Waals surface area (Å²) >= 11 is 0. The Morgan fingerprint density at radius 1 is 1.60 bits per heavy atom. The van der Waals surface area contributed by atoms with E-state index in [0.29, 0.717) is 0 Å². The van der Waals surface area contributed by atoms with Crippen molar-refractivity contribution in [2.75, 3.05) is 0 Å². The van der Waals surface area contributed by atoms with E-state index in [1.54, 1.807) is 10.9 Å². The topological polar surface area (TPSA) is 60.9 Å². The van der Waals surface area contributed by atoms with Gasteiger partial charge in [-0.15, -0.1) is 0 Å². The summed E-state index contributed by atoms with van der Waals surface area (Å²) < 4.78 is 1.68. The van der Waals surface area contributed by atoms with Gasteiger partial charge in [0.25, 0.3) is 0 Å². The number of aromatic nitrogens is 2. The Morgan fingerprint density at radius 2 is 2.27 bits per heavy atom. The maximum absolute atomic E-state index is 12.0. The molecule has 0 radical (unpaired) electrons. The lowest BCUT2D eigenvalue weighted by Crippen LogP contribution is -2.26. The van der Waals surface area contributed by atoms with Crippen molar-refractivity contribution in [2.45, 2.75) is 31.7 Å². The standard InChI is InChI=1S/C11H17N3O/c1-14-7-9(6-13-14)10(12)11(15)8-4-2-3-5-8/h6-8,10H,2-5,12H2,1H3. The Bertz CT molecular complexity index is 352. The number of hydrogen-bond acceptors (Lipinski definition) is 3. The van der Waals surface area contributed by atoms with Crippen LogP contribution in [-0.2, 0) is 11.8 Å². The molecule has 4 heteroatoms. The molecule has 82 valence electrons. The summed E-state index contributed by atoms with van der Waals surface area (Å²) in [6, 6.07) is -0.484. The van der Waals surface area contributed by atoms with Crippen LogP contribution in [0.2, 0.25) is 0 Å². The fourth-order valence-electron chi connectivity index (χ4n) is 2.23. The second-order valence-corrected chi connectivity index (χ2v) is 4.31. The van der Waals surface area contributed by atoms with Crippen LogP contribution in [0.25, 0.3) is 0 Å². The van der Waals surface area contributed by atoms with E-state index in [4.69, 9.17) is 5.73 Å². The fourth-order valence-corrected chi connectivity index (χ4v) is 2.23. The van der Waals surface area contributed by atoms with E-state index in [1.807, 2.05) is 13.2 Å². The average molecular weight is 207 g/mol. The van der Waals surface area contributed by atoms with Gasteiger partial charge < -0.3 is 5.73 Å². The van der Waals surface area contributed by atoms with Gasteiger partial charge in [-0.3, -0.25) is 9.48 Å². The molecule has 1 saturated carbocycles. The van der Waals surface area contributed by atoms with E-state index in [9.17, 15) is 4.79 Å². The highest BCUT2D eigenvalue weighted by Crippen LogP contribution is 2.29. The summed E-state index contributed by atoms with van der Waals surface area (Å²) in [5.41, 5.74) is 6.76. The minimum absolute atomic E-state index is 0.181. The number of carbonyl (C=O) groups is 1. The molecule has 1 atom stereocenters. The zero-order valence-corrected chi connectivity index (χ0v) is 9.02. The summed E-state index contributed by atoms with van der Waals surface area (Å²) in [6.45, 7) is 0. The Kier molecular flexibility index (Phi) is 2.86. The number of carbonyl (C=O) groups excluding carboxylic acids is 1. The van der Waals surface area contributed by atoms with Gasteiger partial charge in [0.2, 0.25) is 0 Å². The zero-order chi connectivity index (χ0) is 10.8. The van der Waals surface area contributed by atoms with Crippen LogP contribution in [-0.4, -0.2) is 15.6 Å². The lowest BCUT2D eigenvalue weighted by molar-refractivity contribution is -0.124. The van der Waals surface area contributed by atoms with Crippen molar-refractivity contribution in [3.63, 3.8) is 0 Å². The number of hydrogen-bond donors (Lipinski definition) is 1. The molecule has 15 heavy (non-hydrogen) atoms.